The van der Waals surface area contributed by atoms with Crippen molar-refractivity contribution in [1.29, 1.82) is 0 Å². The minimum atomic E-state index is -3.15. The van der Waals surface area contributed by atoms with E-state index in [0.29, 0.717) is 58.1 Å². The smallest absolute Gasteiger partial charge is 0.246 e. The number of aromatic nitrogens is 3. The minimum absolute atomic E-state index is 0.0467. The largest absolute Gasteiger partial charge is 0.394 e. The fourth-order valence-corrected chi connectivity index (χ4v) is 5.93. The standard InChI is InChI=1S/C26H33N7O4S/c1-38(36,37)32-14-12-30(13-15-32)10-5-8-24(35)31-11-9-22-21(16-31)17-33-25(22)26(27-19-28-33)29-23(18-34)20-6-3-2-4-7-20/h2-8,17,19,23,34H,9-16,18H2,1H3,(H,27,28,29)/b8-5+/t23-/m1/s1. The highest BCUT2D eigenvalue weighted by Gasteiger charge is 2.26. The zero-order chi connectivity index (χ0) is 26.7. The van der Waals surface area contributed by atoms with Gasteiger partial charge in [0.1, 0.15) is 11.8 Å². The van der Waals surface area contributed by atoms with E-state index >= 15 is 0 Å². The molecule has 38 heavy (non-hydrogen) atoms. The maximum Gasteiger partial charge on any atom is 0.246 e. The molecular formula is C26H33N7O4S. The van der Waals surface area contributed by atoms with Crippen LogP contribution in [0.5, 0.6) is 0 Å². The number of sulfonamides is 1. The first-order valence-electron chi connectivity index (χ1n) is 12.7. The number of carbonyl (C=O) groups is 1. The zero-order valence-corrected chi connectivity index (χ0v) is 22.2. The minimum Gasteiger partial charge on any atom is -0.394 e. The summed E-state index contributed by atoms with van der Waals surface area (Å²) in [6.45, 7) is 3.84. The third-order valence-corrected chi connectivity index (χ3v) is 8.50. The van der Waals surface area contributed by atoms with Crippen molar-refractivity contribution in [2.75, 3.05) is 57.4 Å². The Balaban J connectivity index is 1.23. The molecule has 5 rings (SSSR count). The highest BCUT2D eigenvalue weighted by molar-refractivity contribution is 7.88. The first-order valence-corrected chi connectivity index (χ1v) is 14.6. The Morgan fingerprint density at radius 3 is 2.63 bits per heavy atom. The third kappa shape index (κ3) is 5.73. The van der Waals surface area contributed by atoms with Crippen LogP contribution in [0.3, 0.4) is 0 Å². The molecule has 202 valence electrons. The second-order valence-electron chi connectivity index (χ2n) is 9.70. The predicted molar refractivity (Wildman–Crippen MR) is 144 cm³/mol. The third-order valence-electron chi connectivity index (χ3n) is 7.19. The molecule has 4 heterocycles. The van der Waals surface area contributed by atoms with Crippen LogP contribution in [0.15, 0.2) is 55.0 Å². The van der Waals surface area contributed by atoms with Crippen LogP contribution >= 0.6 is 0 Å². The van der Waals surface area contributed by atoms with Crippen molar-refractivity contribution in [1.82, 2.24) is 28.7 Å². The number of anilines is 1. The van der Waals surface area contributed by atoms with Crippen LogP contribution in [0.25, 0.3) is 5.52 Å². The van der Waals surface area contributed by atoms with Gasteiger partial charge >= 0.3 is 0 Å². The number of fused-ring (bicyclic) bond motifs is 3. The zero-order valence-electron chi connectivity index (χ0n) is 21.4. The molecular weight excluding hydrogens is 506 g/mol. The van der Waals surface area contributed by atoms with Crippen LogP contribution in [0.1, 0.15) is 22.7 Å². The van der Waals surface area contributed by atoms with Gasteiger partial charge in [0.2, 0.25) is 15.9 Å². The average Bonchev–Trinajstić information content (AvgIpc) is 3.30. The molecule has 0 bridgehead atoms. The average molecular weight is 540 g/mol. The van der Waals surface area contributed by atoms with Gasteiger partial charge in [0.25, 0.3) is 0 Å². The lowest BCUT2D eigenvalue weighted by molar-refractivity contribution is -0.126. The van der Waals surface area contributed by atoms with E-state index in [4.69, 9.17) is 0 Å². The number of piperazine rings is 1. The van der Waals surface area contributed by atoms with E-state index in [9.17, 15) is 18.3 Å². The Morgan fingerprint density at radius 2 is 1.92 bits per heavy atom. The van der Waals surface area contributed by atoms with Crippen LogP contribution in [0.2, 0.25) is 0 Å². The molecule has 0 saturated carbocycles. The number of aliphatic hydroxyl groups is 1. The van der Waals surface area contributed by atoms with Gasteiger partial charge in [-0.15, -0.1) is 0 Å². The number of amides is 1. The molecule has 2 aromatic heterocycles. The maximum atomic E-state index is 12.9. The molecule has 0 radical (unpaired) electrons. The highest BCUT2D eigenvalue weighted by Crippen LogP contribution is 2.30. The van der Waals surface area contributed by atoms with Crippen molar-refractivity contribution in [3.8, 4) is 0 Å². The molecule has 3 aromatic rings. The number of hydrogen-bond donors (Lipinski definition) is 2. The number of hydrogen-bond acceptors (Lipinski definition) is 8. The summed E-state index contributed by atoms with van der Waals surface area (Å²) in [7, 11) is -3.15. The number of benzene rings is 1. The predicted octanol–water partition coefficient (Wildman–Crippen LogP) is 0.893. The van der Waals surface area contributed by atoms with Gasteiger partial charge < -0.3 is 15.3 Å². The second-order valence-corrected chi connectivity index (χ2v) is 11.7. The van der Waals surface area contributed by atoms with Crippen molar-refractivity contribution in [3.63, 3.8) is 0 Å². The lowest BCUT2D eigenvalue weighted by atomic mass is 10.0. The Hall–Kier alpha value is -3.32. The molecule has 12 heteroatoms. The van der Waals surface area contributed by atoms with Crippen LogP contribution < -0.4 is 5.32 Å². The highest BCUT2D eigenvalue weighted by atomic mass is 32.2. The lowest BCUT2D eigenvalue weighted by Crippen LogP contribution is -2.48. The Morgan fingerprint density at radius 1 is 1.16 bits per heavy atom. The molecule has 0 spiro atoms. The molecule has 2 aliphatic rings. The second kappa shape index (κ2) is 11.2. The fourth-order valence-electron chi connectivity index (χ4n) is 5.10. The SMILES string of the molecule is CS(=O)(=O)N1CCN(C/C=C/C(=O)N2CCc3c(cn4ncnc(N[C@H](CO)c5ccccc5)c34)C2)CC1. The number of aliphatic hydroxyl groups excluding tert-OH is 1. The number of carbonyl (C=O) groups excluding carboxylic acids is 1. The number of nitrogens with one attached hydrogen (secondary N) is 1. The number of nitrogens with zero attached hydrogens (tertiary/aromatic N) is 6. The van der Waals surface area contributed by atoms with Crippen molar-refractivity contribution >= 4 is 27.3 Å². The van der Waals surface area contributed by atoms with Gasteiger partial charge in [0.15, 0.2) is 5.82 Å². The molecule has 11 nitrogen and oxygen atoms in total. The van der Waals surface area contributed by atoms with Gasteiger partial charge in [-0.3, -0.25) is 9.69 Å². The summed E-state index contributed by atoms with van der Waals surface area (Å²) in [6.07, 6.45) is 8.81. The first kappa shape index (κ1) is 26.3. The molecule has 1 fully saturated rings. The van der Waals surface area contributed by atoms with Gasteiger partial charge in [0.05, 0.1) is 18.9 Å². The van der Waals surface area contributed by atoms with E-state index in [-0.39, 0.29) is 18.6 Å². The van der Waals surface area contributed by atoms with Gasteiger partial charge in [0, 0.05) is 58.1 Å². The van der Waals surface area contributed by atoms with Gasteiger partial charge in [-0.1, -0.05) is 36.4 Å². The summed E-state index contributed by atoms with van der Waals surface area (Å²) in [5.41, 5.74) is 3.97. The normalized spacial score (nSPS) is 18.1. The Kier molecular flexibility index (Phi) is 7.75. The van der Waals surface area contributed by atoms with Crippen molar-refractivity contribution in [2.24, 2.45) is 0 Å². The van der Waals surface area contributed by atoms with Crippen LogP contribution in [-0.2, 0) is 27.8 Å². The summed E-state index contributed by atoms with van der Waals surface area (Å²) >= 11 is 0. The van der Waals surface area contributed by atoms with Crippen molar-refractivity contribution in [2.45, 2.75) is 19.0 Å². The fraction of sp³-hybridized carbons (Fsp3) is 0.423. The topological polar surface area (TPSA) is 123 Å². The van der Waals surface area contributed by atoms with Crippen molar-refractivity contribution in [3.05, 3.63) is 71.7 Å². The Labute approximate surface area is 222 Å². The van der Waals surface area contributed by atoms with E-state index in [2.05, 4.69) is 20.3 Å². The molecule has 1 aromatic carbocycles. The van der Waals surface area contributed by atoms with Crippen LogP contribution in [0, 0.1) is 0 Å². The molecule has 1 amide bonds. The van der Waals surface area contributed by atoms with E-state index < -0.39 is 10.0 Å². The van der Waals surface area contributed by atoms with E-state index in [1.807, 2.05) is 47.5 Å². The maximum absolute atomic E-state index is 12.9. The van der Waals surface area contributed by atoms with E-state index in [0.717, 1.165) is 22.2 Å². The quantitative estimate of drug-likeness (QED) is 0.405. The molecule has 1 saturated heterocycles. The monoisotopic (exact) mass is 539 g/mol. The molecule has 2 aliphatic heterocycles. The van der Waals surface area contributed by atoms with Gasteiger partial charge in [-0.2, -0.15) is 9.40 Å². The molecule has 0 unspecified atom stereocenters. The lowest BCUT2D eigenvalue weighted by Gasteiger charge is -2.32. The summed E-state index contributed by atoms with van der Waals surface area (Å²) in [5, 5.41) is 17.8. The molecule has 0 aliphatic carbocycles. The Bertz CT molecular complexity index is 1420. The summed E-state index contributed by atoms with van der Waals surface area (Å²) < 4.78 is 26.6. The van der Waals surface area contributed by atoms with E-state index in [1.165, 1.54) is 16.9 Å². The summed E-state index contributed by atoms with van der Waals surface area (Å²) in [5.74, 6) is 0.606. The van der Waals surface area contributed by atoms with E-state index in [1.54, 1.807) is 10.6 Å². The van der Waals surface area contributed by atoms with Gasteiger partial charge in [-0.25, -0.2) is 17.9 Å². The molecule has 2 N–H and O–H groups in total. The summed E-state index contributed by atoms with van der Waals surface area (Å²) in [6, 6.07) is 9.44. The van der Waals surface area contributed by atoms with Gasteiger partial charge in [-0.05, 0) is 23.1 Å². The number of rotatable bonds is 8. The molecule has 1 atom stereocenters. The van der Waals surface area contributed by atoms with Crippen LogP contribution in [0.4, 0.5) is 5.82 Å². The van der Waals surface area contributed by atoms with Crippen molar-refractivity contribution < 1.29 is 18.3 Å². The first-order chi connectivity index (χ1) is 18.3. The summed E-state index contributed by atoms with van der Waals surface area (Å²) in [4.78, 5) is 21.3. The van der Waals surface area contributed by atoms with Crippen LogP contribution in [-0.4, -0.2) is 100 Å².